The maximum absolute atomic E-state index is 12.3. The van der Waals surface area contributed by atoms with Crippen molar-refractivity contribution in [2.45, 2.75) is 45.0 Å². The van der Waals surface area contributed by atoms with Crippen molar-refractivity contribution in [2.75, 3.05) is 10.6 Å². The van der Waals surface area contributed by atoms with Gasteiger partial charge in [-0.25, -0.2) is 4.98 Å². The standard InChI is InChI=1S/C19H21F3N4O/c1-2-15(23)17-16(25-12-4-3-5-12)10-11-24-18(17)26-13-6-8-14(9-7-13)27-19(20,21)22/h6-12,23H,2-5H2,1H3,(H2,24,25,26). The van der Waals surface area contributed by atoms with E-state index in [-0.39, 0.29) is 5.75 Å². The molecule has 0 saturated heterocycles. The summed E-state index contributed by atoms with van der Waals surface area (Å²) >= 11 is 0. The number of hydrogen-bond donors (Lipinski definition) is 3. The Morgan fingerprint density at radius 1 is 1.22 bits per heavy atom. The number of halogens is 3. The molecule has 8 heteroatoms. The first kappa shape index (κ1) is 19.0. The van der Waals surface area contributed by atoms with Gasteiger partial charge in [0.15, 0.2) is 0 Å². The molecule has 5 nitrogen and oxygen atoms in total. The number of anilines is 3. The number of pyridine rings is 1. The van der Waals surface area contributed by atoms with Gasteiger partial charge in [0.25, 0.3) is 0 Å². The van der Waals surface area contributed by atoms with Crippen LogP contribution >= 0.6 is 0 Å². The molecule has 0 amide bonds. The van der Waals surface area contributed by atoms with Crippen LogP contribution in [0.15, 0.2) is 36.5 Å². The molecule has 27 heavy (non-hydrogen) atoms. The van der Waals surface area contributed by atoms with E-state index in [9.17, 15) is 13.2 Å². The average Bonchev–Trinajstić information content (AvgIpc) is 2.58. The molecule has 0 unspecified atom stereocenters. The van der Waals surface area contributed by atoms with Gasteiger partial charge in [0, 0.05) is 29.3 Å². The van der Waals surface area contributed by atoms with E-state index in [1.165, 1.54) is 30.7 Å². The number of alkyl halides is 3. The minimum atomic E-state index is -4.72. The first-order valence-electron chi connectivity index (χ1n) is 8.82. The van der Waals surface area contributed by atoms with Crippen LogP contribution in [0.2, 0.25) is 0 Å². The van der Waals surface area contributed by atoms with E-state index in [0.29, 0.717) is 35.2 Å². The molecule has 1 heterocycles. The minimum Gasteiger partial charge on any atom is -0.406 e. The highest BCUT2D eigenvalue weighted by Crippen LogP contribution is 2.31. The van der Waals surface area contributed by atoms with E-state index in [1.807, 2.05) is 13.0 Å². The Hall–Kier alpha value is -2.77. The fourth-order valence-corrected chi connectivity index (χ4v) is 2.81. The summed E-state index contributed by atoms with van der Waals surface area (Å²) in [5.41, 5.74) is 2.52. The van der Waals surface area contributed by atoms with Crippen molar-refractivity contribution in [3.8, 4) is 5.75 Å². The van der Waals surface area contributed by atoms with E-state index in [0.717, 1.165) is 18.5 Å². The number of nitrogens with one attached hydrogen (secondary N) is 3. The monoisotopic (exact) mass is 378 g/mol. The van der Waals surface area contributed by atoms with E-state index in [2.05, 4.69) is 20.4 Å². The smallest absolute Gasteiger partial charge is 0.406 e. The van der Waals surface area contributed by atoms with Crippen LogP contribution in [0, 0.1) is 5.41 Å². The number of hydrogen-bond acceptors (Lipinski definition) is 5. The molecule has 144 valence electrons. The normalized spacial score (nSPS) is 14.4. The maximum atomic E-state index is 12.3. The summed E-state index contributed by atoms with van der Waals surface area (Å²) in [7, 11) is 0. The molecule has 0 aliphatic heterocycles. The zero-order valence-electron chi connectivity index (χ0n) is 14.9. The molecule has 2 aromatic rings. The Labute approximate surface area is 155 Å². The first-order valence-corrected chi connectivity index (χ1v) is 8.82. The molecule has 0 atom stereocenters. The molecule has 1 fully saturated rings. The van der Waals surface area contributed by atoms with Gasteiger partial charge in [-0.2, -0.15) is 0 Å². The zero-order valence-corrected chi connectivity index (χ0v) is 14.9. The van der Waals surface area contributed by atoms with Crippen molar-refractivity contribution in [1.29, 1.82) is 5.41 Å². The molecular formula is C19H21F3N4O. The molecular weight excluding hydrogens is 357 g/mol. The van der Waals surface area contributed by atoms with E-state index >= 15 is 0 Å². The number of rotatable bonds is 7. The van der Waals surface area contributed by atoms with E-state index in [1.54, 1.807) is 6.20 Å². The maximum Gasteiger partial charge on any atom is 0.573 e. The van der Waals surface area contributed by atoms with Crippen molar-refractivity contribution in [3.63, 3.8) is 0 Å². The van der Waals surface area contributed by atoms with Crippen LogP contribution < -0.4 is 15.4 Å². The average molecular weight is 378 g/mol. The number of ether oxygens (including phenoxy) is 1. The molecule has 3 N–H and O–H groups in total. The highest BCUT2D eigenvalue weighted by atomic mass is 19.4. The molecule has 1 aromatic heterocycles. The lowest BCUT2D eigenvalue weighted by molar-refractivity contribution is -0.274. The fraction of sp³-hybridized carbons (Fsp3) is 0.368. The summed E-state index contributed by atoms with van der Waals surface area (Å²) in [4.78, 5) is 4.33. The molecule has 1 aliphatic rings. The fourth-order valence-electron chi connectivity index (χ4n) is 2.81. The SMILES string of the molecule is CCC(=N)c1c(NC2CCC2)ccnc1Nc1ccc(OC(F)(F)F)cc1. The summed E-state index contributed by atoms with van der Waals surface area (Å²) in [6.07, 6.45) is 0.868. The predicted molar refractivity (Wildman–Crippen MR) is 99.0 cm³/mol. The summed E-state index contributed by atoms with van der Waals surface area (Å²) in [5, 5.41) is 14.9. The molecule has 1 aromatic carbocycles. The van der Waals surface area contributed by atoms with E-state index in [4.69, 9.17) is 5.41 Å². The molecule has 0 radical (unpaired) electrons. The van der Waals surface area contributed by atoms with Crippen molar-refractivity contribution >= 4 is 22.9 Å². The van der Waals surface area contributed by atoms with Crippen molar-refractivity contribution in [1.82, 2.24) is 4.98 Å². The Balaban J connectivity index is 1.83. The van der Waals surface area contributed by atoms with Crippen LogP contribution in [0.3, 0.4) is 0 Å². The van der Waals surface area contributed by atoms with Gasteiger partial charge in [0.2, 0.25) is 0 Å². The third-order valence-electron chi connectivity index (χ3n) is 4.42. The lowest BCUT2D eigenvalue weighted by Gasteiger charge is -2.29. The van der Waals surface area contributed by atoms with Crippen LogP contribution in [0.25, 0.3) is 0 Å². The Morgan fingerprint density at radius 3 is 2.48 bits per heavy atom. The van der Waals surface area contributed by atoms with Gasteiger partial charge in [-0.3, -0.25) is 0 Å². The summed E-state index contributed by atoms with van der Waals surface area (Å²) in [6.45, 7) is 1.90. The first-order chi connectivity index (χ1) is 12.9. The number of aromatic nitrogens is 1. The largest absolute Gasteiger partial charge is 0.573 e. The van der Waals surface area contributed by atoms with Gasteiger partial charge in [-0.15, -0.1) is 13.2 Å². The van der Waals surface area contributed by atoms with Gasteiger partial charge in [0.05, 0.1) is 5.56 Å². The lowest BCUT2D eigenvalue weighted by Crippen LogP contribution is -2.28. The summed E-state index contributed by atoms with van der Waals surface area (Å²) < 4.78 is 40.7. The van der Waals surface area contributed by atoms with Crippen LogP contribution in [0.4, 0.5) is 30.4 Å². The van der Waals surface area contributed by atoms with Crippen LogP contribution in [-0.2, 0) is 0 Å². The van der Waals surface area contributed by atoms with Gasteiger partial charge in [0.1, 0.15) is 11.6 Å². The molecule has 0 bridgehead atoms. The van der Waals surface area contributed by atoms with Crippen LogP contribution in [0.5, 0.6) is 5.75 Å². The quantitative estimate of drug-likeness (QED) is 0.559. The second-order valence-corrected chi connectivity index (χ2v) is 6.38. The molecule has 1 aliphatic carbocycles. The highest BCUT2D eigenvalue weighted by molar-refractivity contribution is 6.07. The third-order valence-corrected chi connectivity index (χ3v) is 4.42. The molecule has 3 rings (SSSR count). The van der Waals surface area contributed by atoms with Gasteiger partial charge in [-0.1, -0.05) is 6.92 Å². The van der Waals surface area contributed by atoms with Crippen LogP contribution in [0.1, 0.15) is 38.2 Å². The molecule has 0 spiro atoms. The number of benzene rings is 1. The van der Waals surface area contributed by atoms with E-state index < -0.39 is 6.36 Å². The highest BCUT2D eigenvalue weighted by Gasteiger charge is 2.31. The third kappa shape index (κ3) is 4.90. The van der Waals surface area contributed by atoms with Crippen molar-refractivity contribution in [2.24, 2.45) is 0 Å². The Kier molecular flexibility index (Phi) is 5.53. The Bertz CT molecular complexity index is 802. The van der Waals surface area contributed by atoms with Crippen molar-refractivity contribution in [3.05, 3.63) is 42.1 Å². The number of nitrogens with zero attached hydrogens (tertiary/aromatic N) is 1. The zero-order chi connectivity index (χ0) is 19.4. The summed E-state index contributed by atoms with van der Waals surface area (Å²) in [6, 6.07) is 7.68. The lowest BCUT2D eigenvalue weighted by atomic mass is 9.92. The van der Waals surface area contributed by atoms with Gasteiger partial charge in [-0.05, 0) is 56.0 Å². The summed E-state index contributed by atoms with van der Waals surface area (Å²) in [5.74, 6) is 0.207. The van der Waals surface area contributed by atoms with Crippen LogP contribution in [-0.4, -0.2) is 23.1 Å². The minimum absolute atomic E-state index is 0.289. The van der Waals surface area contributed by atoms with Crippen molar-refractivity contribution < 1.29 is 17.9 Å². The second kappa shape index (κ2) is 7.85. The molecule has 1 saturated carbocycles. The van der Waals surface area contributed by atoms with Gasteiger partial charge < -0.3 is 20.8 Å². The Morgan fingerprint density at radius 2 is 1.93 bits per heavy atom. The second-order valence-electron chi connectivity index (χ2n) is 6.38. The van der Waals surface area contributed by atoms with Gasteiger partial charge >= 0.3 is 6.36 Å². The predicted octanol–water partition coefficient (Wildman–Crippen LogP) is 5.47. The topological polar surface area (TPSA) is 70.0 Å².